The first-order chi connectivity index (χ1) is 12.7. The number of aromatic nitrogens is 3. The standard InChI is InChI=1S/C22H21N3O/c1-3-16-4-6-17(7-5-16)12-25-13-19-9-18(20-10-23-14-24-11-20)8-15(2)21(19)22(25)26/h4-11,13-14,26H,3,12H2,1-2H3. The van der Waals surface area contributed by atoms with Gasteiger partial charge in [0.1, 0.15) is 6.33 Å². The Kier molecular flexibility index (Phi) is 4.17. The van der Waals surface area contributed by atoms with Gasteiger partial charge >= 0.3 is 0 Å². The van der Waals surface area contributed by atoms with E-state index >= 15 is 0 Å². The third-order valence-corrected chi connectivity index (χ3v) is 4.83. The summed E-state index contributed by atoms with van der Waals surface area (Å²) in [5.74, 6) is 0.313. The molecular formula is C22H21N3O. The largest absolute Gasteiger partial charge is 0.494 e. The topological polar surface area (TPSA) is 50.9 Å². The molecule has 0 fully saturated rings. The lowest BCUT2D eigenvalue weighted by molar-refractivity contribution is 0.430. The zero-order valence-electron chi connectivity index (χ0n) is 15.0. The number of benzene rings is 2. The average molecular weight is 343 g/mol. The van der Waals surface area contributed by atoms with Gasteiger partial charge in [-0.15, -0.1) is 0 Å². The second kappa shape index (κ2) is 6.64. The summed E-state index contributed by atoms with van der Waals surface area (Å²) in [6, 6.07) is 12.7. The minimum Gasteiger partial charge on any atom is -0.494 e. The van der Waals surface area contributed by atoms with Crippen molar-refractivity contribution in [2.75, 3.05) is 0 Å². The third-order valence-electron chi connectivity index (χ3n) is 4.83. The molecule has 4 heteroatoms. The molecule has 26 heavy (non-hydrogen) atoms. The highest BCUT2D eigenvalue weighted by Gasteiger charge is 2.13. The summed E-state index contributed by atoms with van der Waals surface area (Å²) in [5, 5.41) is 12.7. The van der Waals surface area contributed by atoms with Gasteiger partial charge in [0.2, 0.25) is 0 Å². The molecule has 0 aliphatic rings. The zero-order chi connectivity index (χ0) is 18.1. The molecule has 0 saturated heterocycles. The molecule has 1 N–H and O–H groups in total. The van der Waals surface area contributed by atoms with Crippen molar-refractivity contribution < 1.29 is 5.11 Å². The second-order valence-electron chi connectivity index (χ2n) is 6.64. The first kappa shape index (κ1) is 16.3. The number of fused-ring (bicyclic) bond motifs is 1. The van der Waals surface area contributed by atoms with Crippen LogP contribution in [-0.2, 0) is 13.0 Å². The molecule has 130 valence electrons. The summed E-state index contributed by atoms with van der Waals surface area (Å²) < 4.78 is 1.91. The highest BCUT2D eigenvalue weighted by Crippen LogP contribution is 2.34. The van der Waals surface area contributed by atoms with E-state index in [4.69, 9.17) is 0 Å². The molecule has 0 spiro atoms. The van der Waals surface area contributed by atoms with Crippen molar-refractivity contribution in [2.24, 2.45) is 0 Å². The molecule has 0 radical (unpaired) electrons. The summed E-state index contributed by atoms with van der Waals surface area (Å²) in [4.78, 5) is 8.20. The quantitative estimate of drug-likeness (QED) is 0.583. The second-order valence-corrected chi connectivity index (χ2v) is 6.64. The molecule has 4 nitrogen and oxygen atoms in total. The van der Waals surface area contributed by atoms with Crippen molar-refractivity contribution in [1.82, 2.24) is 14.5 Å². The van der Waals surface area contributed by atoms with Crippen LogP contribution in [-0.4, -0.2) is 19.6 Å². The fourth-order valence-corrected chi connectivity index (χ4v) is 3.41. The predicted octanol–water partition coefficient (Wildman–Crippen LogP) is 4.72. The molecule has 2 heterocycles. The van der Waals surface area contributed by atoms with Crippen molar-refractivity contribution >= 4 is 10.8 Å². The number of aromatic hydroxyl groups is 1. The fourth-order valence-electron chi connectivity index (χ4n) is 3.41. The van der Waals surface area contributed by atoms with Crippen molar-refractivity contribution in [3.05, 3.63) is 78.0 Å². The van der Waals surface area contributed by atoms with Crippen LogP contribution in [0, 0.1) is 6.92 Å². The monoisotopic (exact) mass is 343 g/mol. The average Bonchev–Trinajstić information content (AvgIpc) is 2.99. The van der Waals surface area contributed by atoms with Gasteiger partial charge in [0.15, 0.2) is 5.88 Å². The SMILES string of the molecule is CCc1ccc(Cn2cc3cc(-c4cncnc4)cc(C)c3c2O)cc1. The minimum absolute atomic E-state index is 0.313. The molecule has 2 aromatic heterocycles. The van der Waals surface area contributed by atoms with Crippen LogP contribution in [0.25, 0.3) is 21.9 Å². The van der Waals surface area contributed by atoms with Crippen LogP contribution in [0.2, 0.25) is 0 Å². The lowest BCUT2D eigenvalue weighted by Crippen LogP contribution is -1.97. The van der Waals surface area contributed by atoms with Crippen molar-refractivity contribution in [2.45, 2.75) is 26.8 Å². The van der Waals surface area contributed by atoms with Crippen molar-refractivity contribution in [1.29, 1.82) is 0 Å². The first-order valence-electron chi connectivity index (χ1n) is 8.81. The molecule has 0 aliphatic heterocycles. The first-order valence-corrected chi connectivity index (χ1v) is 8.81. The molecule has 0 aliphatic carbocycles. The van der Waals surface area contributed by atoms with E-state index in [1.165, 1.54) is 17.5 Å². The van der Waals surface area contributed by atoms with Gasteiger partial charge in [0, 0.05) is 34.9 Å². The van der Waals surface area contributed by atoms with E-state index in [1.807, 2.05) is 17.7 Å². The summed E-state index contributed by atoms with van der Waals surface area (Å²) in [6.45, 7) is 4.82. The van der Waals surface area contributed by atoms with Crippen LogP contribution in [0.3, 0.4) is 0 Å². The smallest absolute Gasteiger partial charge is 0.199 e. The normalized spacial score (nSPS) is 11.2. The van der Waals surface area contributed by atoms with Gasteiger partial charge in [-0.25, -0.2) is 9.97 Å². The Morgan fingerprint density at radius 1 is 0.962 bits per heavy atom. The highest BCUT2D eigenvalue weighted by molar-refractivity contribution is 5.94. The van der Waals surface area contributed by atoms with Gasteiger partial charge in [0.05, 0.1) is 6.54 Å². The maximum Gasteiger partial charge on any atom is 0.199 e. The van der Waals surface area contributed by atoms with Crippen LogP contribution >= 0.6 is 0 Å². The predicted molar refractivity (Wildman–Crippen MR) is 104 cm³/mol. The summed E-state index contributed by atoms with van der Waals surface area (Å²) >= 11 is 0. The molecule has 4 aromatic rings. The molecule has 0 saturated carbocycles. The van der Waals surface area contributed by atoms with Gasteiger partial charge in [-0.1, -0.05) is 37.3 Å². The molecule has 0 bridgehead atoms. The molecule has 0 unspecified atom stereocenters. The Morgan fingerprint density at radius 2 is 1.65 bits per heavy atom. The Hall–Kier alpha value is -3.14. The Morgan fingerprint density at radius 3 is 2.35 bits per heavy atom. The summed E-state index contributed by atoms with van der Waals surface area (Å²) in [6.07, 6.45) is 8.18. The van der Waals surface area contributed by atoms with E-state index in [1.54, 1.807) is 12.4 Å². The van der Waals surface area contributed by atoms with Gasteiger partial charge < -0.3 is 9.67 Å². The third kappa shape index (κ3) is 2.94. The van der Waals surface area contributed by atoms with Gasteiger partial charge in [0.25, 0.3) is 0 Å². The fraction of sp³-hybridized carbons (Fsp3) is 0.182. The summed E-state index contributed by atoms with van der Waals surface area (Å²) in [7, 11) is 0. The van der Waals surface area contributed by atoms with E-state index in [2.05, 4.69) is 53.3 Å². The van der Waals surface area contributed by atoms with E-state index in [-0.39, 0.29) is 0 Å². The van der Waals surface area contributed by atoms with E-state index in [9.17, 15) is 5.11 Å². The number of hydrogen-bond donors (Lipinski definition) is 1. The van der Waals surface area contributed by atoms with Gasteiger partial charge in [-0.3, -0.25) is 0 Å². The maximum absolute atomic E-state index is 10.7. The van der Waals surface area contributed by atoms with Crippen LogP contribution in [0.15, 0.2) is 61.3 Å². The summed E-state index contributed by atoms with van der Waals surface area (Å²) in [5.41, 5.74) is 5.56. The molecular weight excluding hydrogens is 322 g/mol. The van der Waals surface area contributed by atoms with E-state index in [0.29, 0.717) is 12.4 Å². The van der Waals surface area contributed by atoms with Crippen LogP contribution in [0.1, 0.15) is 23.6 Å². The lowest BCUT2D eigenvalue weighted by Gasteiger charge is -2.07. The molecule has 0 amide bonds. The molecule has 2 aromatic carbocycles. The molecule has 0 atom stereocenters. The van der Waals surface area contributed by atoms with E-state index < -0.39 is 0 Å². The van der Waals surface area contributed by atoms with Crippen LogP contribution in [0.5, 0.6) is 5.88 Å². The number of rotatable bonds is 4. The minimum atomic E-state index is 0.313. The van der Waals surface area contributed by atoms with Crippen molar-refractivity contribution in [3.63, 3.8) is 0 Å². The Balaban J connectivity index is 1.74. The highest BCUT2D eigenvalue weighted by atomic mass is 16.3. The number of hydrogen-bond acceptors (Lipinski definition) is 3. The van der Waals surface area contributed by atoms with E-state index in [0.717, 1.165) is 33.9 Å². The number of aryl methyl sites for hydroxylation is 2. The Bertz CT molecular complexity index is 1050. The van der Waals surface area contributed by atoms with Crippen molar-refractivity contribution in [3.8, 4) is 17.0 Å². The number of nitrogens with zero attached hydrogens (tertiary/aromatic N) is 3. The van der Waals surface area contributed by atoms with Gasteiger partial charge in [-0.05, 0) is 41.7 Å². The Labute approximate surface area is 152 Å². The maximum atomic E-state index is 10.7. The lowest BCUT2D eigenvalue weighted by atomic mass is 10.0. The molecule has 4 rings (SSSR count). The van der Waals surface area contributed by atoms with Crippen LogP contribution < -0.4 is 0 Å². The zero-order valence-corrected chi connectivity index (χ0v) is 15.0. The van der Waals surface area contributed by atoms with Gasteiger partial charge in [-0.2, -0.15) is 0 Å². The van der Waals surface area contributed by atoms with Crippen LogP contribution in [0.4, 0.5) is 0 Å².